The first-order valence-electron chi connectivity index (χ1n) is 12.4. The summed E-state index contributed by atoms with van der Waals surface area (Å²) in [4.78, 5) is 4.29. The second-order valence-electron chi connectivity index (χ2n) is 12.0. The normalized spacial score (nSPS) is 15.1. The molecule has 0 saturated heterocycles. The maximum atomic E-state index is 4.29. The van der Waals surface area contributed by atoms with Gasteiger partial charge in [0.25, 0.3) is 0 Å². The number of pyridine rings is 2. The summed E-state index contributed by atoms with van der Waals surface area (Å²) in [6.45, 7) is 14.3. The number of aromatic nitrogens is 2. The largest absolute Gasteiger partial charge is 0.265 e. The van der Waals surface area contributed by atoms with E-state index in [4.69, 9.17) is 0 Å². The topological polar surface area (TPSA) is 16.8 Å². The van der Waals surface area contributed by atoms with Gasteiger partial charge in [0.1, 0.15) is 7.05 Å². The summed E-state index contributed by atoms with van der Waals surface area (Å²) in [6.07, 6.45) is 11.8. The molecule has 33 heavy (non-hydrogen) atoms. The molecule has 0 N–H and O–H groups in total. The van der Waals surface area contributed by atoms with Crippen LogP contribution in [-0.4, -0.2) is 4.98 Å². The summed E-state index contributed by atoms with van der Waals surface area (Å²) >= 11 is 0. The molecule has 0 radical (unpaired) electrons. The highest BCUT2D eigenvalue weighted by atomic mass is 14.9. The average molecular weight is 444 g/mol. The zero-order valence-corrected chi connectivity index (χ0v) is 21.8. The van der Waals surface area contributed by atoms with Crippen molar-refractivity contribution in [2.75, 3.05) is 0 Å². The van der Waals surface area contributed by atoms with Crippen LogP contribution in [0.4, 0.5) is 0 Å². The highest BCUT2D eigenvalue weighted by molar-refractivity contribution is 5.25. The molecule has 2 heterocycles. The van der Waals surface area contributed by atoms with E-state index in [-0.39, 0.29) is 10.8 Å². The third kappa shape index (κ3) is 7.52. The lowest BCUT2D eigenvalue weighted by Gasteiger charge is -2.36. The Morgan fingerprint density at radius 3 is 1.82 bits per heavy atom. The molecular formula is C31H43N2+. The molecule has 176 valence electrons. The number of hydrogen-bond acceptors (Lipinski definition) is 1. The summed E-state index contributed by atoms with van der Waals surface area (Å²) < 4.78 is 2.13. The van der Waals surface area contributed by atoms with E-state index in [1.165, 1.54) is 23.1 Å². The van der Waals surface area contributed by atoms with Gasteiger partial charge in [0.15, 0.2) is 12.4 Å². The zero-order valence-electron chi connectivity index (χ0n) is 21.8. The van der Waals surface area contributed by atoms with Gasteiger partial charge in [-0.2, -0.15) is 0 Å². The van der Waals surface area contributed by atoms with Crippen molar-refractivity contribution < 1.29 is 4.57 Å². The third-order valence-electron chi connectivity index (χ3n) is 6.85. The number of aryl methyl sites for hydroxylation is 1. The fraction of sp³-hybridized carbons (Fsp3) is 0.484. The van der Waals surface area contributed by atoms with Crippen molar-refractivity contribution in [1.82, 2.24) is 4.98 Å². The van der Waals surface area contributed by atoms with E-state index in [1.54, 1.807) is 0 Å². The van der Waals surface area contributed by atoms with E-state index in [0.717, 1.165) is 12.8 Å². The second-order valence-corrected chi connectivity index (χ2v) is 12.0. The molecule has 0 bridgehead atoms. The van der Waals surface area contributed by atoms with Crippen LogP contribution < -0.4 is 4.57 Å². The Kier molecular flexibility index (Phi) is 8.10. The Labute approximate surface area is 202 Å². The first-order valence-corrected chi connectivity index (χ1v) is 12.4. The number of hydrogen-bond donors (Lipinski definition) is 0. The Bertz CT molecular complexity index is 963. The van der Waals surface area contributed by atoms with Crippen LogP contribution in [0.5, 0.6) is 0 Å². The van der Waals surface area contributed by atoms with Crippen molar-refractivity contribution >= 4 is 0 Å². The zero-order chi connectivity index (χ0) is 24.1. The van der Waals surface area contributed by atoms with E-state index in [9.17, 15) is 0 Å². The van der Waals surface area contributed by atoms with Gasteiger partial charge in [-0.1, -0.05) is 71.9 Å². The lowest BCUT2D eigenvalue weighted by atomic mass is 9.68. The van der Waals surface area contributed by atoms with Gasteiger partial charge in [0.05, 0.1) is 0 Å². The molecule has 0 aliphatic heterocycles. The van der Waals surface area contributed by atoms with Crippen LogP contribution >= 0.6 is 0 Å². The third-order valence-corrected chi connectivity index (χ3v) is 6.85. The van der Waals surface area contributed by atoms with Crippen LogP contribution in [0.2, 0.25) is 0 Å². The fourth-order valence-electron chi connectivity index (χ4n) is 5.17. The molecular weight excluding hydrogens is 400 g/mol. The van der Waals surface area contributed by atoms with Gasteiger partial charge in [0.2, 0.25) is 0 Å². The standard InChI is InChI=1S/C31H43N2/c1-30(2,3)23-28(24-13-17-32-18-14-24)21-27(25-15-19-33(7)20-16-25)22-29(31(4,5)6)26-11-9-8-10-12-26/h8-20,27-29H,21-23H2,1-7H3/q+1. The van der Waals surface area contributed by atoms with Crippen molar-refractivity contribution in [3.63, 3.8) is 0 Å². The van der Waals surface area contributed by atoms with Crippen molar-refractivity contribution in [3.05, 3.63) is 96.1 Å². The maximum Gasteiger partial charge on any atom is 0.168 e. The summed E-state index contributed by atoms with van der Waals surface area (Å²) in [5.41, 5.74) is 4.78. The molecule has 0 aliphatic rings. The van der Waals surface area contributed by atoms with Gasteiger partial charge in [-0.15, -0.1) is 0 Å². The molecule has 1 aromatic carbocycles. The highest BCUT2D eigenvalue weighted by Gasteiger charge is 2.32. The Balaban J connectivity index is 2.00. The molecule has 2 heteroatoms. The molecule has 0 saturated carbocycles. The molecule has 3 unspecified atom stereocenters. The maximum absolute atomic E-state index is 4.29. The molecule has 2 nitrogen and oxygen atoms in total. The van der Waals surface area contributed by atoms with Gasteiger partial charge >= 0.3 is 0 Å². The second kappa shape index (κ2) is 10.6. The fourth-order valence-corrected chi connectivity index (χ4v) is 5.17. The van der Waals surface area contributed by atoms with Crippen molar-refractivity contribution in [2.24, 2.45) is 17.9 Å². The highest BCUT2D eigenvalue weighted by Crippen LogP contribution is 2.46. The monoisotopic (exact) mass is 443 g/mol. The summed E-state index contributed by atoms with van der Waals surface area (Å²) in [6, 6.07) is 20.2. The molecule has 0 aliphatic carbocycles. The number of benzene rings is 1. The van der Waals surface area contributed by atoms with Crippen LogP contribution in [0.3, 0.4) is 0 Å². The molecule has 3 aromatic rings. The Morgan fingerprint density at radius 1 is 0.697 bits per heavy atom. The SMILES string of the molecule is C[n+]1ccc(C(CC(CC(C)(C)C)c2ccncc2)CC(c2ccccc2)C(C)(C)C)cc1. The summed E-state index contributed by atoms with van der Waals surface area (Å²) in [7, 11) is 2.10. The van der Waals surface area contributed by atoms with Crippen LogP contribution in [0.15, 0.2) is 79.4 Å². The molecule has 2 aromatic heterocycles. The lowest BCUT2D eigenvalue weighted by molar-refractivity contribution is -0.671. The molecule has 0 spiro atoms. The first kappa shape index (κ1) is 25.1. The first-order chi connectivity index (χ1) is 15.5. The molecule has 0 fully saturated rings. The summed E-state index contributed by atoms with van der Waals surface area (Å²) in [5.74, 6) is 1.48. The smallest absolute Gasteiger partial charge is 0.168 e. The predicted octanol–water partition coefficient (Wildman–Crippen LogP) is 7.82. The van der Waals surface area contributed by atoms with Crippen LogP contribution in [-0.2, 0) is 7.05 Å². The number of rotatable bonds is 8. The minimum Gasteiger partial charge on any atom is -0.265 e. The van der Waals surface area contributed by atoms with Crippen molar-refractivity contribution in [3.8, 4) is 0 Å². The van der Waals surface area contributed by atoms with Gasteiger partial charge in [-0.05, 0) is 76.7 Å². The van der Waals surface area contributed by atoms with E-state index in [2.05, 4.69) is 125 Å². The van der Waals surface area contributed by atoms with Gasteiger partial charge in [0, 0.05) is 24.5 Å². The predicted molar refractivity (Wildman–Crippen MR) is 139 cm³/mol. The quantitative estimate of drug-likeness (QED) is 0.324. The summed E-state index contributed by atoms with van der Waals surface area (Å²) in [5, 5.41) is 0. The van der Waals surface area contributed by atoms with Crippen molar-refractivity contribution in [1.29, 1.82) is 0 Å². The van der Waals surface area contributed by atoms with Crippen LogP contribution in [0, 0.1) is 10.8 Å². The Hall–Kier alpha value is -2.48. The van der Waals surface area contributed by atoms with E-state index in [1.807, 2.05) is 12.4 Å². The van der Waals surface area contributed by atoms with Gasteiger partial charge in [-0.25, -0.2) is 4.57 Å². The Morgan fingerprint density at radius 2 is 1.27 bits per heavy atom. The van der Waals surface area contributed by atoms with Crippen molar-refractivity contribution in [2.45, 2.75) is 78.6 Å². The van der Waals surface area contributed by atoms with Gasteiger partial charge < -0.3 is 0 Å². The van der Waals surface area contributed by atoms with E-state index in [0.29, 0.717) is 17.8 Å². The lowest BCUT2D eigenvalue weighted by Crippen LogP contribution is -2.27. The minimum atomic E-state index is 0.190. The molecule has 3 atom stereocenters. The van der Waals surface area contributed by atoms with E-state index < -0.39 is 0 Å². The van der Waals surface area contributed by atoms with Gasteiger partial charge in [-0.3, -0.25) is 4.98 Å². The molecule has 0 amide bonds. The molecule has 3 rings (SSSR count). The van der Waals surface area contributed by atoms with Crippen LogP contribution in [0.25, 0.3) is 0 Å². The van der Waals surface area contributed by atoms with E-state index >= 15 is 0 Å². The average Bonchev–Trinajstić information content (AvgIpc) is 2.76. The minimum absolute atomic E-state index is 0.190. The van der Waals surface area contributed by atoms with Crippen LogP contribution in [0.1, 0.15) is 95.2 Å². The number of nitrogens with zero attached hydrogens (tertiary/aromatic N) is 2.